The summed E-state index contributed by atoms with van der Waals surface area (Å²) in [6.45, 7) is 1.01. The number of amidine groups is 1. The van der Waals surface area contributed by atoms with Crippen LogP contribution < -0.4 is 20.9 Å². The number of rotatable bonds is 10. The SMILES string of the molecule is Cl.N=C(N)c1ccc(N2CCN(c3ccc(CC(NC(=O)CCc4ccccc4)C(=O)O)cc3)C2=O)cc1. The Morgan fingerprint density at radius 3 is 1.97 bits per heavy atom. The minimum atomic E-state index is -1.10. The molecule has 0 aromatic heterocycles. The summed E-state index contributed by atoms with van der Waals surface area (Å²) in [6, 6.07) is 22.4. The summed E-state index contributed by atoms with van der Waals surface area (Å²) in [5.74, 6) is -1.44. The number of nitrogen functional groups attached to an aromatic ring is 1. The minimum absolute atomic E-state index is 0. The van der Waals surface area contributed by atoms with Gasteiger partial charge in [-0.1, -0.05) is 42.5 Å². The Kier molecular flexibility index (Phi) is 9.45. The number of carbonyl (C=O) groups excluding carboxylic acids is 2. The normalized spacial score (nSPS) is 13.5. The van der Waals surface area contributed by atoms with Gasteiger partial charge in [-0.25, -0.2) is 9.59 Å². The monoisotopic (exact) mass is 535 g/mol. The molecule has 10 heteroatoms. The first-order valence-corrected chi connectivity index (χ1v) is 12.0. The number of carboxylic acid groups (broad SMARTS) is 1. The molecule has 198 valence electrons. The van der Waals surface area contributed by atoms with E-state index in [1.807, 2.05) is 30.3 Å². The van der Waals surface area contributed by atoms with Crippen LogP contribution in [0.5, 0.6) is 0 Å². The zero-order chi connectivity index (χ0) is 26.4. The van der Waals surface area contributed by atoms with Gasteiger partial charge in [0.15, 0.2) is 0 Å². The first kappa shape index (κ1) is 28.2. The molecule has 3 amide bonds. The number of nitrogens with zero attached hydrogens (tertiary/aromatic N) is 2. The van der Waals surface area contributed by atoms with Gasteiger partial charge in [-0.05, 0) is 53.9 Å². The molecule has 38 heavy (non-hydrogen) atoms. The summed E-state index contributed by atoms with van der Waals surface area (Å²) in [5.41, 5.74) is 9.28. The lowest BCUT2D eigenvalue weighted by atomic mass is 10.0. The van der Waals surface area contributed by atoms with Crippen molar-refractivity contribution >= 4 is 47.5 Å². The summed E-state index contributed by atoms with van der Waals surface area (Å²) < 4.78 is 0. The fraction of sp³-hybridized carbons (Fsp3) is 0.214. The zero-order valence-corrected chi connectivity index (χ0v) is 21.5. The van der Waals surface area contributed by atoms with Crippen LogP contribution in [-0.2, 0) is 22.4 Å². The molecule has 3 aromatic carbocycles. The average molecular weight is 536 g/mol. The van der Waals surface area contributed by atoms with Crippen LogP contribution in [0.15, 0.2) is 78.9 Å². The third-order valence-electron chi connectivity index (χ3n) is 6.30. The van der Waals surface area contributed by atoms with E-state index in [2.05, 4.69) is 5.32 Å². The van der Waals surface area contributed by atoms with Crippen molar-refractivity contribution in [2.75, 3.05) is 22.9 Å². The second-order valence-corrected chi connectivity index (χ2v) is 8.86. The number of hydrogen-bond acceptors (Lipinski definition) is 4. The molecule has 9 nitrogen and oxygen atoms in total. The maximum atomic E-state index is 13.0. The van der Waals surface area contributed by atoms with Crippen LogP contribution in [0.3, 0.4) is 0 Å². The van der Waals surface area contributed by atoms with Crippen LogP contribution in [0.25, 0.3) is 0 Å². The van der Waals surface area contributed by atoms with E-state index in [9.17, 15) is 19.5 Å². The molecule has 0 bridgehead atoms. The van der Waals surface area contributed by atoms with Gasteiger partial charge >= 0.3 is 12.0 Å². The summed E-state index contributed by atoms with van der Waals surface area (Å²) >= 11 is 0. The molecule has 0 saturated carbocycles. The van der Waals surface area contributed by atoms with Crippen LogP contribution in [0.4, 0.5) is 16.2 Å². The Bertz CT molecular complexity index is 1280. The topological polar surface area (TPSA) is 140 Å². The Morgan fingerprint density at radius 1 is 0.895 bits per heavy atom. The van der Waals surface area contributed by atoms with Crippen LogP contribution in [0, 0.1) is 5.41 Å². The number of benzene rings is 3. The highest BCUT2D eigenvalue weighted by Gasteiger charge is 2.30. The maximum Gasteiger partial charge on any atom is 0.329 e. The predicted molar refractivity (Wildman–Crippen MR) is 149 cm³/mol. The third-order valence-corrected chi connectivity index (χ3v) is 6.30. The number of nitrogens with one attached hydrogen (secondary N) is 2. The van der Waals surface area contributed by atoms with E-state index in [0.29, 0.717) is 30.8 Å². The first-order chi connectivity index (χ1) is 17.8. The molecule has 0 aliphatic carbocycles. The largest absolute Gasteiger partial charge is 0.480 e. The van der Waals surface area contributed by atoms with E-state index in [1.54, 1.807) is 58.3 Å². The minimum Gasteiger partial charge on any atom is -0.480 e. The number of hydrogen-bond donors (Lipinski definition) is 4. The van der Waals surface area contributed by atoms with Gasteiger partial charge in [0, 0.05) is 42.9 Å². The van der Waals surface area contributed by atoms with Crippen LogP contribution in [-0.4, -0.2) is 48.0 Å². The number of carboxylic acids is 1. The van der Waals surface area contributed by atoms with Gasteiger partial charge in [0.05, 0.1) is 0 Å². The molecular weight excluding hydrogens is 506 g/mol. The van der Waals surface area contributed by atoms with E-state index >= 15 is 0 Å². The molecule has 1 aliphatic rings. The molecule has 1 fully saturated rings. The quantitative estimate of drug-likeness (QED) is 0.232. The third kappa shape index (κ3) is 6.89. The summed E-state index contributed by atoms with van der Waals surface area (Å²) in [6.07, 6.45) is 0.877. The van der Waals surface area contributed by atoms with Gasteiger partial charge < -0.3 is 16.2 Å². The molecule has 1 heterocycles. The lowest BCUT2D eigenvalue weighted by Gasteiger charge is -2.20. The lowest BCUT2D eigenvalue weighted by molar-refractivity contribution is -0.141. The van der Waals surface area contributed by atoms with E-state index in [4.69, 9.17) is 11.1 Å². The number of carbonyl (C=O) groups is 3. The molecule has 1 atom stereocenters. The van der Waals surface area contributed by atoms with Gasteiger partial charge in [-0.2, -0.15) is 0 Å². The molecule has 1 unspecified atom stereocenters. The van der Waals surface area contributed by atoms with Crippen molar-refractivity contribution in [1.82, 2.24) is 5.32 Å². The van der Waals surface area contributed by atoms with E-state index < -0.39 is 12.0 Å². The zero-order valence-electron chi connectivity index (χ0n) is 20.7. The van der Waals surface area contributed by atoms with Gasteiger partial charge in [0.2, 0.25) is 5.91 Å². The van der Waals surface area contributed by atoms with Crippen molar-refractivity contribution in [3.8, 4) is 0 Å². The van der Waals surface area contributed by atoms with Gasteiger partial charge in [-0.15, -0.1) is 12.4 Å². The molecule has 5 N–H and O–H groups in total. The molecule has 4 rings (SSSR count). The fourth-order valence-electron chi connectivity index (χ4n) is 4.25. The second kappa shape index (κ2) is 12.7. The standard InChI is InChI=1S/C28H29N5O4.ClH/c29-26(30)21-9-13-23(14-10-21)33-17-16-32(28(33)37)22-11-6-20(7-12-22)18-24(27(35)36)31-25(34)15-8-19-4-2-1-3-5-19;/h1-7,9-14,24H,8,15-18H2,(H3,29,30)(H,31,34)(H,35,36);1H. The molecular formula is C28H30ClN5O4. The Balaban J connectivity index is 0.00000400. The summed E-state index contributed by atoms with van der Waals surface area (Å²) in [5, 5.41) is 19.7. The van der Waals surface area contributed by atoms with Crippen molar-refractivity contribution < 1.29 is 19.5 Å². The lowest BCUT2D eigenvalue weighted by Crippen LogP contribution is -2.42. The van der Waals surface area contributed by atoms with Gasteiger partial charge in [0.25, 0.3) is 0 Å². The Morgan fingerprint density at radius 2 is 1.45 bits per heavy atom. The van der Waals surface area contributed by atoms with Crippen molar-refractivity contribution in [1.29, 1.82) is 5.41 Å². The predicted octanol–water partition coefficient (Wildman–Crippen LogP) is 3.58. The first-order valence-electron chi connectivity index (χ1n) is 12.0. The smallest absolute Gasteiger partial charge is 0.329 e. The molecule has 0 spiro atoms. The number of urea groups is 1. The summed E-state index contributed by atoms with van der Waals surface area (Å²) in [4.78, 5) is 40.4. The highest BCUT2D eigenvalue weighted by molar-refractivity contribution is 6.06. The van der Waals surface area contributed by atoms with Crippen molar-refractivity contribution in [2.24, 2.45) is 5.73 Å². The van der Waals surface area contributed by atoms with Crippen LogP contribution in [0.2, 0.25) is 0 Å². The highest BCUT2D eigenvalue weighted by atomic mass is 35.5. The van der Waals surface area contributed by atoms with Crippen molar-refractivity contribution in [3.05, 3.63) is 95.6 Å². The maximum absolute atomic E-state index is 13.0. The number of aliphatic carboxylic acids is 1. The second-order valence-electron chi connectivity index (χ2n) is 8.86. The van der Waals surface area contributed by atoms with E-state index in [0.717, 1.165) is 16.8 Å². The molecule has 1 saturated heterocycles. The number of halogens is 1. The van der Waals surface area contributed by atoms with Crippen molar-refractivity contribution in [2.45, 2.75) is 25.3 Å². The Labute approximate surface area is 227 Å². The number of aryl methyl sites for hydroxylation is 1. The molecule has 3 aromatic rings. The van der Waals surface area contributed by atoms with Crippen LogP contribution >= 0.6 is 12.4 Å². The average Bonchev–Trinajstić information content (AvgIpc) is 3.29. The van der Waals surface area contributed by atoms with Crippen molar-refractivity contribution in [3.63, 3.8) is 0 Å². The number of anilines is 2. The molecule has 1 aliphatic heterocycles. The van der Waals surface area contributed by atoms with Gasteiger partial charge in [-0.3, -0.25) is 20.0 Å². The van der Waals surface area contributed by atoms with E-state index in [1.165, 1.54) is 0 Å². The number of amides is 3. The van der Waals surface area contributed by atoms with Gasteiger partial charge in [0.1, 0.15) is 11.9 Å². The highest BCUT2D eigenvalue weighted by Crippen LogP contribution is 2.26. The number of nitrogens with two attached hydrogens (primary N) is 1. The molecule has 0 radical (unpaired) electrons. The van der Waals surface area contributed by atoms with E-state index in [-0.39, 0.29) is 43.0 Å². The fourth-order valence-corrected chi connectivity index (χ4v) is 4.25. The summed E-state index contributed by atoms with van der Waals surface area (Å²) in [7, 11) is 0. The van der Waals surface area contributed by atoms with Crippen LogP contribution in [0.1, 0.15) is 23.1 Å². The Hall–Kier alpha value is -4.37.